The van der Waals surface area contributed by atoms with E-state index >= 15 is 0 Å². The molecule has 15 heavy (non-hydrogen) atoms. The molecule has 0 amide bonds. The van der Waals surface area contributed by atoms with Crippen molar-refractivity contribution in [2.24, 2.45) is 0 Å². The van der Waals surface area contributed by atoms with Crippen LogP contribution in [-0.2, 0) is 11.3 Å². The Balaban J connectivity index is 0.000000921. The van der Waals surface area contributed by atoms with Gasteiger partial charge in [-0.05, 0) is 12.5 Å². The van der Waals surface area contributed by atoms with Gasteiger partial charge in [0.15, 0.2) is 0 Å². The summed E-state index contributed by atoms with van der Waals surface area (Å²) < 4.78 is 28.9. The first-order valence-electron chi connectivity index (χ1n) is 5.05. The number of hydrogen-bond donors (Lipinski definition) is 0. The molecule has 1 nitrogen and oxygen atoms in total. The highest BCUT2D eigenvalue weighted by atomic mass is 19.3. The molecule has 1 aromatic rings. The number of ether oxygens (including phenoxy) is 1. The van der Waals surface area contributed by atoms with Crippen LogP contribution in [0.15, 0.2) is 24.3 Å². The summed E-state index contributed by atoms with van der Waals surface area (Å²) in [5, 5.41) is 0. The van der Waals surface area contributed by atoms with Gasteiger partial charge in [0.25, 0.3) is 0 Å². The van der Waals surface area contributed by atoms with Gasteiger partial charge in [0.05, 0.1) is 6.61 Å². The zero-order valence-corrected chi connectivity index (χ0v) is 9.68. The molecule has 0 fully saturated rings. The molecule has 1 aromatic carbocycles. The summed E-state index contributed by atoms with van der Waals surface area (Å²) in [7, 11) is 0. The van der Waals surface area contributed by atoms with Crippen molar-refractivity contribution in [3.63, 3.8) is 0 Å². The number of halogens is 2. The Labute approximate surface area is 90.1 Å². The van der Waals surface area contributed by atoms with Crippen LogP contribution < -0.4 is 0 Å². The van der Waals surface area contributed by atoms with Crippen molar-refractivity contribution in [1.82, 2.24) is 0 Å². The van der Waals surface area contributed by atoms with Gasteiger partial charge < -0.3 is 4.74 Å². The standard InChI is InChI=1S/C10H12F2O.C2H6/c1-8-3-5-9(6-4-8)7-13-10(2,11)12;1-2/h3-6H,7H2,1-2H3;1-2H3. The van der Waals surface area contributed by atoms with E-state index in [9.17, 15) is 8.78 Å². The molecule has 0 aliphatic rings. The molecule has 0 N–H and O–H groups in total. The molecule has 3 heteroatoms. The third-order valence-corrected chi connectivity index (χ3v) is 1.61. The van der Waals surface area contributed by atoms with Crippen LogP contribution in [0.25, 0.3) is 0 Å². The summed E-state index contributed by atoms with van der Waals surface area (Å²) >= 11 is 0. The molecule has 0 heterocycles. The molecule has 1 rings (SSSR count). The highest BCUT2D eigenvalue weighted by molar-refractivity contribution is 5.20. The van der Waals surface area contributed by atoms with Gasteiger partial charge in [-0.2, -0.15) is 8.78 Å². The number of hydrogen-bond acceptors (Lipinski definition) is 1. The molecule has 0 atom stereocenters. The first kappa shape index (κ1) is 14.0. The second-order valence-electron chi connectivity index (χ2n) is 3.08. The van der Waals surface area contributed by atoms with E-state index in [-0.39, 0.29) is 6.61 Å². The zero-order valence-electron chi connectivity index (χ0n) is 9.68. The number of benzene rings is 1. The van der Waals surface area contributed by atoms with Crippen molar-refractivity contribution in [3.05, 3.63) is 35.4 Å². The topological polar surface area (TPSA) is 9.23 Å². The minimum atomic E-state index is -3.05. The highest BCUT2D eigenvalue weighted by Gasteiger charge is 2.21. The van der Waals surface area contributed by atoms with Crippen LogP contribution >= 0.6 is 0 Å². The van der Waals surface area contributed by atoms with Gasteiger partial charge in [-0.25, -0.2) is 0 Å². The predicted octanol–water partition coefficient (Wildman–Crippen LogP) is 4.15. The lowest BCUT2D eigenvalue weighted by atomic mass is 10.2. The van der Waals surface area contributed by atoms with Gasteiger partial charge in [-0.1, -0.05) is 43.7 Å². The van der Waals surface area contributed by atoms with E-state index in [1.54, 1.807) is 12.1 Å². The van der Waals surface area contributed by atoms with Crippen LogP contribution in [-0.4, -0.2) is 6.11 Å². The summed E-state index contributed by atoms with van der Waals surface area (Å²) in [6.45, 7) is 6.63. The Bertz CT molecular complexity index is 262. The van der Waals surface area contributed by atoms with E-state index < -0.39 is 6.11 Å². The Kier molecular flexibility index (Phi) is 6.09. The Morgan fingerprint density at radius 1 is 1.13 bits per heavy atom. The largest absolute Gasteiger partial charge is 0.353 e. The minimum absolute atomic E-state index is 0.0518. The number of rotatable bonds is 3. The monoisotopic (exact) mass is 216 g/mol. The quantitative estimate of drug-likeness (QED) is 0.737. The molecule has 0 aromatic heterocycles. The lowest BCUT2D eigenvalue weighted by Crippen LogP contribution is -2.14. The van der Waals surface area contributed by atoms with Crippen LogP contribution in [0.2, 0.25) is 0 Å². The molecule has 0 saturated carbocycles. The maximum Gasteiger partial charge on any atom is 0.353 e. The Morgan fingerprint density at radius 3 is 2.00 bits per heavy atom. The fourth-order valence-corrected chi connectivity index (χ4v) is 0.894. The van der Waals surface area contributed by atoms with Gasteiger partial charge in [0.2, 0.25) is 0 Å². The van der Waals surface area contributed by atoms with Crippen molar-refractivity contribution >= 4 is 0 Å². The summed E-state index contributed by atoms with van der Waals surface area (Å²) in [5.74, 6) is 0. The summed E-state index contributed by atoms with van der Waals surface area (Å²) in [6, 6.07) is 7.29. The van der Waals surface area contributed by atoms with Gasteiger partial charge in [-0.15, -0.1) is 0 Å². The molecule has 0 radical (unpaired) electrons. The van der Waals surface area contributed by atoms with E-state index in [2.05, 4.69) is 4.74 Å². The van der Waals surface area contributed by atoms with Crippen LogP contribution in [0.4, 0.5) is 8.78 Å². The van der Waals surface area contributed by atoms with Crippen molar-refractivity contribution in [2.45, 2.75) is 40.4 Å². The van der Waals surface area contributed by atoms with Crippen LogP contribution in [0, 0.1) is 6.92 Å². The first-order valence-corrected chi connectivity index (χ1v) is 5.05. The van der Waals surface area contributed by atoms with Gasteiger partial charge >= 0.3 is 6.11 Å². The third-order valence-electron chi connectivity index (χ3n) is 1.61. The molecular formula is C12H18F2O. The maximum atomic E-state index is 12.3. The van der Waals surface area contributed by atoms with Crippen LogP contribution in [0.5, 0.6) is 0 Å². The predicted molar refractivity (Wildman–Crippen MR) is 57.9 cm³/mol. The Hall–Kier alpha value is -0.960. The molecule has 0 aliphatic carbocycles. The third kappa shape index (κ3) is 7.03. The van der Waals surface area contributed by atoms with E-state index in [4.69, 9.17) is 0 Å². The normalized spacial score (nSPS) is 10.5. The second-order valence-corrected chi connectivity index (χ2v) is 3.08. The fraction of sp³-hybridized carbons (Fsp3) is 0.500. The van der Waals surface area contributed by atoms with Crippen molar-refractivity contribution < 1.29 is 13.5 Å². The molecule has 86 valence electrons. The average molecular weight is 216 g/mol. The fourth-order valence-electron chi connectivity index (χ4n) is 0.894. The Morgan fingerprint density at radius 2 is 1.60 bits per heavy atom. The lowest BCUT2D eigenvalue weighted by Gasteiger charge is -2.11. The van der Waals surface area contributed by atoms with Crippen LogP contribution in [0.1, 0.15) is 31.9 Å². The van der Waals surface area contributed by atoms with Crippen molar-refractivity contribution in [3.8, 4) is 0 Å². The first-order chi connectivity index (χ1) is 6.97. The van der Waals surface area contributed by atoms with Gasteiger partial charge in [-0.3, -0.25) is 0 Å². The number of alkyl halides is 2. The molecule has 0 unspecified atom stereocenters. The van der Waals surface area contributed by atoms with E-state index in [0.29, 0.717) is 0 Å². The molecule has 0 bridgehead atoms. The average Bonchev–Trinajstić information content (AvgIpc) is 2.19. The maximum absolute atomic E-state index is 12.3. The van der Waals surface area contributed by atoms with E-state index in [1.807, 2.05) is 32.9 Å². The van der Waals surface area contributed by atoms with E-state index in [1.165, 1.54) is 0 Å². The van der Waals surface area contributed by atoms with Crippen molar-refractivity contribution in [2.75, 3.05) is 0 Å². The number of aryl methyl sites for hydroxylation is 1. The van der Waals surface area contributed by atoms with E-state index in [0.717, 1.165) is 18.1 Å². The zero-order chi connectivity index (χ0) is 11.9. The van der Waals surface area contributed by atoms with Crippen LogP contribution in [0.3, 0.4) is 0 Å². The molecule has 0 saturated heterocycles. The summed E-state index contributed by atoms with van der Waals surface area (Å²) in [6.07, 6.45) is -3.05. The lowest BCUT2D eigenvalue weighted by molar-refractivity contribution is -0.231. The highest BCUT2D eigenvalue weighted by Crippen LogP contribution is 2.16. The van der Waals surface area contributed by atoms with Gasteiger partial charge in [0, 0.05) is 6.92 Å². The molecule has 0 spiro atoms. The summed E-state index contributed by atoms with van der Waals surface area (Å²) in [4.78, 5) is 0. The smallest absolute Gasteiger partial charge is 0.316 e. The molecular weight excluding hydrogens is 198 g/mol. The minimum Gasteiger partial charge on any atom is -0.316 e. The molecule has 0 aliphatic heterocycles. The second kappa shape index (κ2) is 6.51. The van der Waals surface area contributed by atoms with Gasteiger partial charge in [0.1, 0.15) is 0 Å². The summed E-state index contributed by atoms with van der Waals surface area (Å²) in [5.41, 5.74) is 1.86. The van der Waals surface area contributed by atoms with Crippen molar-refractivity contribution in [1.29, 1.82) is 0 Å². The SMILES string of the molecule is CC.Cc1ccc(COC(C)(F)F)cc1.